The van der Waals surface area contributed by atoms with Crippen LogP contribution in [-0.2, 0) is 11.2 Å². The van der Waals surface area contributed by atoms with E-state index in [9.17, 15) is 20.2 Å². The number of nitrogens with two attached hydrogens (primary N) is 1. The van der Waals surface area contributed by atoms with Crippen LogP contribution in [0, 0.1) is 21.4 Å². The lowest BCUT2D eigenvalue weighted by molar-refractivity contribution is -0.384. The largest absolute Gasteiger partial charge is 0.384 e. The van der Waals surface area contributed by atoms with Crippen LogP contribution in [0.25, 0.3) is 0 Å². The van der Waals surface area contributed by atoms with E-state index in [2.05, 4.69) is 13.0 Å². The van der Waals surface area contributed by atoms with Gasteiger partial charge >= 0.3 is 0 Å². The van der Waals surface area contributed by atoms with Gasteiger partial charge in [0.15, 0.2) is 5.78 Å². The van der Waals surface area contributed by atoms with Gasteiger partial charge in [-0.25, -0.2) is 0 Å². The lowest BCUT2D eigenvalue weighted by Crippen LogP contribution is -2.38. The highest BCUT2D eigenvalue weighted by Crippen LogP contribution is 2.47. The van der Waals surface area contributed by atoms with Gasteiger partial charge in [0.1, 0.15) is 5.82 Å². The molecule has 2 N–H and O–H groups in total. The minimum atomic E-state index is -0.488. The Balaban J connectivity index is 1.94. The average molecular weight is 420 g/mol. The molecule has 0 amide bonds. The summed E-state index contributed by atoms with van der Waals surface area (Å²) in [5.74, 6) is -0.260. The van der Waals surface area contributed by atoms with E-state index in [0.717, 1.165) is 17.0 Å². The fraction of sp³-hybridized carbons (Fsp3) is 0.273. The number of nitriles is 1. The molecule has 4 rings (SSSR count). The normalized spacial score (nSPS) is 19.0. The number of Topliss-reactive ketones (excluding diaryl/α,β-unsaturated/α-hetero) is 1. The Morgan fingerprint density at radius 1 is 1.33 bits per heavy atom. The van der Waals surface area contributed by atoms with Crippen molar-refractivity contribution in [3.05, 3.63) is 78.9 Å². The van der Waals surface area contributed by atoms with Crippen molar-refractivity contribution in [3.8, 4) is 6.07 Å². The molecule has 2 heterocycles. The van der Waals surface area contributed by atoms with Gasteiger partial charge in [0, 0.05) is 39.6 Å². The fourth-order valence-electron chi connectivity index (χ4n) is 4.15. The second kappa shape index (κ2) is 7.76. The molecule has 7 nitrogen and oxygen atoms in total. The van der Waals surface area contributed by atoms with Gasteiger partial charge in [0.2, 0.25) is 0 Å². The van der Waals surface area contributed by atoms with Gasteiger partial charge in [0.05, 0.1) is 28.2 Å². The number of nitrogens with zero attached hydrogens (tertiary/aromatic N) is 3. The van der Waals surface area contributed by atoms with Crippen molar-refractivity contribution in [2.24, 2.45) is 5.73 Å². The van der Waals surface area contributed by atoms with Gasteiger partial charge in [0.25, 0.3) is 5.69 Å². The Kier molecular flexibility index (Phi) is 5.14. The van der Waals surface area contributed by atoms with Gasteiger partial charge in [-0.15, -0.1) is 11.3 Å². The number of nitro groups is 1. The van der Waals surface area contributed by atoms with E-state index < -0.39 is 10.8 Å². The van der Waals surface area contributed by atoms with Crippen molar-refractivity contribution in [2.75, 3.05) is 4.90 Å². The first kappa shape index (κ1) is 19.9. The Labute approximate surface area is 177 Å². The summed E-state index contributed by atoms with van der Waals surface area (Å²) in [5.41, 5.74) is 8.52. The second-order valence-corrected chi connectivity index (χ2v) is 8.45. The number of carbonyl (C=O) groups is 1. The van der Waals surface area contributed by atoms with Gasteiger partial charge in [-0.1, -0.05) is 13.0 Å². The lowest BCUT2D eigenvalue weighted by Gasteiger charge is -2.39. The molecule has 2 aromatic rings. The summed E-state index contributed by atoms with van der Waals surface area (Å²) in [5, 5.41) is 21.3. The van der Waals surface area contributed by atoms with Crippen LogP contribution in [0.3, 0.4) is 0 Å². The molecule has 30 heavy (non-hydrogen) atoms. The van der Waals surface area contributed by atoms with Crippen molar-refractivity contribution in [1.82, 2.24) is 0 Å². The molecule has 0 saturated carbocycles. The molecule has 1 aromatic heterocycles. The molecule has 0 bridgehead atoms. The van der Waals surface area contributed by atoms with Crippen molar-refractivity contribution in [2.45, 2.75) is 38.5 Å². The van der Waals surface area contributed by atoms with Crippen molar-refractivity contribution >= 4 is 28.5 Å². The van der Waals surface area contributed by atoms with Crippen molar-refractivity contribution in [3.63, 3.8) is 0 Å². The third-order valence-electron chi connectivity index (χ3n) is 5.53. The Morgan fingerprint density at radius 3 is 2.80 bits per heavy atom. The molecular weight excluding hydrogens is 400 g/mol. The molecule has 1 atom stereocenters. The molecule has 152 valence electrons. The van der Waals surface area contributed by atoms with E-state index in [1.807, 2.05) is 12.1 Å². The third-order valence-corrected chi connectivity index (χ3v) is 6.82. The third kappa shape index (κ3) is 3.17. The van der Waals surface area contributed by atoms with Crippen molar-refractivity contribution < 1.29 is 9.72 Å². The Hall–Kier alpha value is -3.44. The highest BCUT2D eigenvalue weighted by atomic mass is 32.1. The molecular formula is C22H20N4O3S. The van der Waals surface area contributed by atoms with Crippen LogP contribution in [0.2, 0.25) is 0 Å². The van der Waals surface area contributed by atoms with Crippen LogP contribution in [0.1, 0.15) is 41.9 Å². The lowest BCUT2D eigenvalue weighted by atomic mass is 9.78. The van der Waals surface area contributed by atoms with Gasteiger partial charge in [-0.2, -0.15) is 5.26 Å². The minimum absolute atomic E-state index is 0.00313. The predicted octanol–water partition coefficient (Wildman–Crippen LogP) is 4.52. The number of benzene rings is 1. The van der Waals surface area contributed by atoms with Crippen LogP contribution in [-0.4, -0.2) is 10.7 Å². The van der Waals surface area contributed by atoms with E-state index in [4.69, 9.17) is 5.73 Å². The molecule has 1 aliphatic carbocycles. The molecule has 1 aliphatic heterocycles. The fourth-order valence-corrected chi connectivity index (χ4v) is 5.22. The maximum atomic E-state index is 13.0. The highest BCUT2D eigenvalue weighted by Gasteiger charge is 2.41. The maximum Gasteiger partial charge on any atom is 0.271 e. The topological polar surface area (TPSA) is 113 Å². The number of aryl methyl sites for hydroxylation is 1. The van der Waals surface area contributed by atoms with Crippen LogP contribution in [0.4, 0.5) is 11.4 Å². The zero-order valence-corrected chi connectivity index (χ0v) is 17.2. The van der Waals surface area contributed by atoms with Gasteiger partial charge < -0.3 is 5.73 Å². The second-order valence-electron chi connectivity index (χ2n) is 7.25. The summed E-state index contributed by atoms with van der Waals surface area (Å²) in [4.78, 5) is 27.6. The summed E-state index contributed by atoms with van der Waals surface area (Å²) in [7, 11) is 0. The molecule has 2 aliphatic rings. The minimum Gasteiger partial charge on any atom is -0.384 e. The number of rotatable bonds is 4. The molecule has 0 spiro atoms. The zero-order chi connectivity index (χ0) is 21.4. The number of anilines is 1. The Morgan fingerprint density at radius 2 is 2.13 bits per heavy atom. The van der Waals surface area contributed by atoms with Gasteiger partial charge in [-0.3, -0.25) is 19.8 Å². The van der Waals surface area contributed by atoms with E-state index in [-0.39, 0.29) is 17.3 Å². The summed E-state index contributed by atoms with van der Waals surface area (Å²) >= 11 is 1.59. The zero-order valence-electron chi connectivity index (χ0n) is 16.4. The number of hydrogen-bond acceptors (Lipinski definition) is 7. The number of hydrogen-bond donors (Lipinski definition) is 1. The molecule has 0 unspecified atom stereocenters. The summed E-state index contributed by atoms with van der Waals surface area (Å²) in [6.45, 7) is 2.06. The van der Waals surface area contributed by atoms with Crippen LogP contribution >= 0.6 is 11.3 Å². The molecule has 0 fully saturated rings. The van der Waals surface area contributed by atoms with Crippen LogP contribution in [0.15, 0.2) is 59.1 Å². The smallest absolute Gasteiger partial charge is 0.271 e. The highest BCUT2D eigenvalue weighted by molar-refractivity contribution is 7.12. The molecule has 0 radical (unpaired) electrons. The van der Waals surface area contributed by atoms with E-state index in [0.29, 0.717) is 36.1 Å². The standard InChI is InChI=1S/C22H20N4O3S/c1-2-15-9-10-19(30-15)20-16(12-23)22(24)25(17-7-4-8-18(27)21(17)20)13-5-3-6-14(11-13)26(28)29/h3,5-6,9-11,20H,2,4,7-8,24H2,1H3/t20-/m1/s1. The number of allylic oxidation sites excluding steroid dienone is 3. The first-order valence-electron chi connectivity index (χ1n) is 9.75. The summed E-state index contributed by atoms with van der Waals surface area (Å²) in [6, 6.07) is 12.3. The first-order valence-corrected chi connectivity index (χ1v) is 10.6. The number of carbonyl (C=O) groups excluding carboxylic acids is 1. The van der Waals surface area contributed by atoms with Gasteiger partial charge in [-0.05, 0) is 37.5 Å². The van der Waals surface area contributed by atoms with E-state index >= 15 is 0 Å². The number of non-ortho nitro benzene ring substituents is 1. The number of nitro benzene ring substituents is 1. The van der Waals surface area contributed by atoms with E-state index in [1.54, 1.807) is 28.4 Å². The Bertz CT molecular complexity index is 1160. The SMILES string of the molecule is CCc1ccc([C@H]2C(C#N)=C(N)N(c3cccc([N+](=O)[O-])c3)C3=C2C(=O)CCC3)s1. The van der Waals surface area contributed by atoms with Crippen molar-refractivity contribution in [1.29, 1.82) is 5.26 Å². The summed E-state index contributed by atoms with van der Waals surface area (Å²) < 4.78 is 0. The van der Waals surface area contributed by atoms with E-state index in [1.165, 1.54) is 17.0 Å². The van der Waals surface area contributed by atoms with Crippen LogP contribution in [0.5, 0.6) is 0 Å². The molecule has 0 saturated heterocycles. The quantitative estimate of drug-likeness (QED) is 0.574. The maximum absolute atomic E-state index is 13.0. The number of ketones is 1. The first-order chi connectivity index (χ1) is 14.5. The van der Waals surface area contributed by atoms with Crippen LogP contribution < -0.4 is 10.6 Å². The summed E-state index contributed by atoms with van der Waals surface area (Å²) in [6.07, 6.45) is 2.59. The monoisotopic (exact) mass is 420 g/mol. The average Bonchev–Trinajstić information content (AvgIpc) is 3.22. The molecule has 8 heteroatoms. The number of thiophene rings is 1. The predicted molar refractivity (Wildman–Crippen MR) is 115 cm³/mol. The molecule has 1 aromatic carbocycles.